The van der Waals surface area contributed by atoms with E-state index in [0.29, 0.717) is 5.75 Å². The molecule has 0 aliphatic carbocycles. The third-order valence-electron chi connectivity index (χ3n) is 2.03. The Labute approximate surface area is 117 Å². The van der Waals surface area contributed by atoms with E-state index in [1.807, 2.05) is 36.4 Å². The zero-order valence-corrected chi connectivity index (χ0v) is 11.4. The lowest BCUT2D eigenvalue weighted by Crippen LogP contribution is -2.04. The number of hydrogen-bond acceptors (Lipinski definition) is 3. The van der Waals surface area contributed by atoms with Gasteiger partial charge in [0.2, 0.25) is 0 Å². The van der Waals surface area contributed by atoms with Crippen LogP contribution in [0.5, 0.6) is 0 Å². The highest BCUT2D eigenvalue weighted by molar-refractivity contribution is 8.13. The number of para-hydroxylation sites is 1. The number of thioether (sulfide) groups is 1. The molecule has 0 aliphatic rings. The van der Waals surface area contributed by atoms with Gasteiger partial charge in [-0.3, -0.25) is 10.4 Å². The number of nitrogens with one attached hydrogen (secondary N) is 1. The molecule has 3 nitrogen and oxygen atoms in total. The third-order valence-corrected chi connectivity index (χ3v) is 2.78. The molecule has 0 amide bonds. The minimum absolute atomic E-state index is 0. The highest BCUT2D eigenvalue weighted by Gasteiger charge is 1.99. The largest absolute Gasteiger partial charge is 0.379 e. The van der Waals surface area contributed by atoms with Crippen LogP contribution in [0.2, 0.25) is 0 Å². The summed E-state index contributed by atoms with van der Waals surface area (Å²) in [5.41, 5.74) is 7.21. The first-order chi connectivity index (χ1) is 7.25. The van der Waals surface area contributed by atoms with Gasteiger partial charge in [0.05, 0.1) is 11.2 Å². The lowest BCUT2D eigenvalue weighted by molar-refractivity contribution is 1.23. The molecule has 0 atom stereocenters. The number of halogens is 2. The van der Waals surface area contributed by atoms with E-state index < -0.39 is 0 Å². The Balaban J connectivity index is 0.00000128. The van der Waals surface area contributed by atoms with Gasteiger partial charge in [0.25, 0.3) is 0 Å². The molecule has 0 spiro atoms. The SMILES string of the molecule is Cl.Cl.N=C(N)SCc1ccc2ccccc2n1. The summed E-state index contributed by atoms with van der Waals surface area (Å²) in [4.78, 5) is 4.47. The number of aromatic nitrogens is 1. The molecular formula is C11H13Cl2N3S. The Kier molecular flexibility index (Phi) is 6.95. The summed E-state index contributed by atoms with van der Waals surface area (Å²) in [6.07, 6.45) is 0. The highest BCUT2D eigenvalue weighted by atomic mass is 35.5. The van der Waals surface area contributed by atoms with Crippen molar-refractivity contribution in [1.29, 1.82) is 5.41 Å². The molecule has 0 bridgehead atoms. The Bertz CT molecular complexity index is 505. The second-order valence-corrected chi connectivity index (χ2v) is 4.17. The molecule has 1 aromatic carbocycles. The van der Waals surface area contributed by atoms with Crippen molar-refractivity contribution in [3.63, 3.8) is 0 Å². The van der Waals surface area contributed by atoms with E-state index in [1.54, 1.807) is 0 Å². The molecule has 92 valence electrons. The average molecular weight is 290 g/mol. The van der Waals surface area contributed by atoms with Crippen molar-refractivity contribution in [2.75, 3.05) is 0 Å². The van der Waals surface area contributed by atoms with E-state index >= 15 is 0 Å². The van der Waals surface area contributed by atoms with Crippen molar-refractivity contribution in [3.8, 4) is 0 Å². The number of rotatable bonds is 2. The van der Waals surface area contributed by atoms with Gasteiger partial charge in [-0.15, -0.1) is 24.8 Å². The number of pyridine rings is 1. The standard InChI is InChI=1S/C11H11N3S.2ClH/c12-11(13)15-7-9-6-5-8-3-1-2-4-10(8)14-9;;/h1-6H,7H2,(H3,12,13);2*1H. The van der Waals surface area contributed by atoms with Gasteiger partial charge in [0.1, 0.15) is 0 Å². The molecule has 3 N–H and O–H groups in total. The maximum atomic E-state index is 7.12. The lowest BCUT2D eigenvalue weighted by Gasteiger charge is -2.01. The number of nitrogens with two attached hydrogens (primary N) is 1. The zero-order valence-electron chi connectivity index (χ0n) is 8.92. The van der Waals surface area contributed by atoms with Crippen LogP contribution in [0, 0.1) is 5.41 Å². The number of amidine groups is 1. The number of hydrogen-bond donors (Lipinski definition) is 2. The fraction of sp³-hybridized carbons (Fsp3) is 0.0909. The lowest BCUT2D eigenvalue weighted by atomic mass is 10.2. The Morgan fingerprint density at radius 2 is 1.88 bits per heavy atom. The molecule has 1 heterocycles. The van der Waals surface area contributed by atoms with Gasteiger partial charge in [0, 0.05) is 11.1 Å². The summed E-state index contributed by atoms with van der Waals surface area (Å²) in [5, 5.41) is 8.38. The molecule has 2 aromatic rings. The van der Waals surface area contributed by atoms with Crippen molar-refractivity contribution < 1.29 is 0 Å². The third kappa shape index (κ3) is 4.42. The molecular weight excluding hydrogens is 277 g/mol. The molecule has 0 saturated carbocycles. The van der Waals surface area contributed by atoms with Crippen LogP contribution in [0.25, 0.3) is 10.9 Å². The highest BCUT2D eigenvalue weighted by Crippen LogP contribution is 2.15. The molecule has 2 rings (SSSR count). The van der Waals surface area contributed by atoms with Gasteiger partial charge in [-0.1, -0.05) is 36.0 Å². The fourth-order valence-corrected chi connectivity index (χ4v) is 1.80. The summed E-state index contributed by atoms with van der Waals surface area (Å²) in [6, 6.07) is 12.0. The van der Waals surface area contributed by atoms with E-state index in [-0.39, 0.29) is 30.0 Å². The monoisotopic (exact) mass is 289 g/mol. The van der Waals surface area contributed by atoms with Gasteiger partial charge in [-0.05, 0) is 12.1 Å². The summed E-state index contributed by atoms with van der Waals surface area (Å²) in [6.45, 7) is 0. The van der Waals surface area contributed by atoms with Crippen LogP contribution in [-0.4, -0.2) is 10.2 Å². The molecule has 17 heavy (non-hydrogen) atoms. The number of fused-ring (bicyclic) bond motifs is 1. The predicted octanol–water partition coefficient (Wildman–Crippen LogP) is 3.21. The second-order valence-electron chi connectivity index (χ2n) is 3.15. The molecule has 0 saturated heterocycles. The van der Waals surface area contributed by atoms with Crippen molar-refractivity contribution in [2.45, 2.75) is 5.75 Å². The minimum Gasteiger partial charge on any atom is -0.379 e. The summed E-state index contributed by atoms with van der Waals surface area (Å²) in [7, 11) is 0. The Morgan fingerprint density at radius 1 is 1.18 bits per heavy atom. The maximum Gasteiger partial charge on any atom is 0.151 e. The van der Waals surface area contributed by atoms with Crippen LogP contribution < -0.4 is 5.73 Å². The van der Waals surface area contributed by atoms with Crippen LogP contribution in [-0.2, 0) is 5.75 Å². The molecule has 6 heteroatoms. The first-order valence-electron chi connectivity index (χ1n) is 4.57. The smallest absolute Gasteiger partial charge is 0.151 e. The van der Waals surface area contributed by atoms with Crippen molar-refractivity contribution in [2.24, 2.45) is 5.73 Å². The number of nitrogens with zero attached hydrogens (tertiary/aromatic N) is 1. The van der Waals surface area contributed by atoms with Gasteiger partial charge < -0.3 is 5.73 Å². The van der Waals surface area contributed by atoms with Gasteiger partial charge >= 0.3 is 0 Å². The van der Waals surface area contributed by atoms with Crippen LogP contribution in [0.1, 0.15) is 5.69 Å². The van der Waals surface area contributed by atoms with E-state index in [0.717, 1.165) is 16.6 Å². The molecule has 0 radical (unpaired) electrons. The van der Waals surface area contributed by atoms with Crippen LogP contribution >= 0.6 is 36.6 Å². The van der Waals surface area contributed by atoms with Crippen LogP contribution in [0.3, 0.4) is 0 Å². The molecule has 0 unspecified atom stereocenters. The van der Waals surface area contributed by atoms with Gasteiger partial charge in [-0.2, -0.15) is 0 Å². The fourth-order valence-electron chi connectivity index (χ4n) is 1.34. The van der Waals surface area contributed by atoms with Crippen LogP contribution in [0.15, 0.2) is 36.4 Å². The van der Waals surface area contributed by atoms with Gasteiger partial charge in [0.15, 0.2) is 5.17 Å². The van der Waals surface area contributed by atoms with Crippen molar-refractivity contribution in [1.82, 2.24) is 4.98 Å². The van der Waals surface area contributed by atoms with Crippen molar-refractivity contribution >= 4 is 52.6 Å². The Hall–Kier alpha value is -0.970. The number of benzene rings is 1. The zero-order chi connectivity index (χ0) is 10.7. The molecule has 1 aromatic heterocycles. The van der Waals surface area contributed by atoms with Crippen LogP contribution in [0.4, 0.5) is 0 Å². The molecule has 0 fully saturated rings. The maximum absolute atomic E-state index is 7.12. The van der Waals surface area contributed by atoms with E-state index in [4.69, 9.17) is 11.1 Å². The van der Waals surface area contributed by atoms with E-state index in [9.17, 15) is 0 Å². The van der Waals surface area contributed by atoms with Gasteiger partial charge in [-0.25, -0.2) is 0 Å². The van der Waals surface area contributed by atoms with E-state index in [2.05, 4.69) is 4.98 Å². The predicted molar refractivity (Wildman–Crippen MR) is 79.4 cm³/mol. The summed E-state index contributed by atoms with van der Waals surface area (Å²) >= 11 is 1.29. The normalized spacial score (nSPS) is 9.18. The van der Waals surface area contributed by atoms with E-state index in [1.165, 1.54) is 11.8 Å². The summed E-state index contributed by atoms with van der Waals surface area (Å²) in [5.74, 6) is 0.653. The Morgan fingerprint density at radius 3 is 2.59 bits per heavy atom. The first kappa shape index (κ1) is 16.0. The quantitative estimate of drug-likeness (QED) is 0.659. The topological polar surface area (TPSA) is 62.8 Å². The van der Waals surface area contributed by atoms with Crippen molar-refractivity contribution in [3.05, 3.63) is 42.1 Å². The minimum atomic E-state index is 0. The second kappa shape index (κ2) is 7.37. The average Bonchev–Trinajstić information content (AvgIpc) is 2.26. The first-order valence-corrected chi connectivity index (χ1v) is 5.56. The molecule has 0 aliphatic heterocycles. The summed E-state index contributed by atoms with van der Waals surface area (Å²) < 4.78 is 0.